The predicted molar refractivity (Wildman–Crippen MR) is 83.7 cm³/mol. The minimum Gasteiger partial charge on any atom is -0.305 e. The molecule has 110 valence electrons. The van der Waals surface area contributed by atoms with E-state index >= 15 is 0 Å². The van der Waals surface area contributed by atoms with Gasteiger partial charge in [-0.1, -0.05) is 19.9 Å². The highest BCUT2D eigenvalue weighted by Crippen LogP contribution is 2.23. The second kappa shape index (κ2) is 5.72. The van der Waals surface area contributed by atoms with Crippen LogP contribution >= 0.6 is 0 Å². The summed E-state index contributed by atoms with van der Waals surface area (Å²) in [6, 6.07) is 7.92. The van der Waals surface area contributed by atoms with Crippen LogP contribution in [0.2, 0.25) is 0 Å². The van der Waals surface area contributed by atoms with Crippen LogP contribution in [0.3, 0.4) is 0 Å². The molecule has 2 aromatic rings. The summed E-state index contributed by atoms with van der Waals surface area (Å²) < 4.78 is 0. The summed E-state index contributed by atoms with van der Waals surface area (Å²) >= 11 is 0. The van der Waals surface area contributed by atoms with Crippen molar-refractivity contribution in [3.05, 3.63) is 46.6 Å². The molecule has 4 heteroatoms. The molecule has 2 N–H and O–H groups in total. The predicted octanol–water partition coefficient (Wildman–Crippen LogP) is 3.66. The number of aromatic nitrogens is 2. The van der Waals surface area contributed by atoms with Crippen LogP contribution in [-0.4, -0.2) is 16.1 Å². The maximum absolute atomic E-state index is 12.3. The molecule has 1 aliphatic carbocycles. The van der Waals surface area contributed by atoms with E-state index in [9.17, 15) is 4.79 Å². The number of carbonyl (C=O) groups excluding carboxylic acids is 1. The summed E-state index contributed by atoms with van der Waals surface area (Å²) in [6.07, 6.45) is 4.68. The zero-order chi connectivity index (χ0) is 14.8. The lowest BCUT2D eigenvalue weighted by atomic mass is 9.90. The Balaban J connectivity index is 1.75. The number of hydrogen-bond acceptors (Lipinski definition) is 2. The third-order valence-corrected chi connectivity index (χ3v) is 4.07. The zero-order valence-corrected chi connectivity index (χ0v) is 12.6. The van der Waals surface area contributed by atoms with E-state index in [0.29, 0.717) is 17.3 Å². The van der Waals surface area contributed by atoms with Gasteiger partial charge in [-0.15, -0.1) is 0 Å². The van der Waals surface area contributed by atoms with Crippen LogP contribution < -0.4 is 5.32 Å². The standard InChI is InChI=1S/C17H21N3O/c1-11(2)15-10-16(20-19-15)18-17(21)14-8-7-12-5-3-4-6-13(12)9-14/h7-11H,3-6H2,1-2H3,(H2,18,19,20,21). The van der Waals surface area contributed by atoms with Crippen LogP contribution in [0.5, 0.6) is 0 Å². The molecule has 0 fully saturated rings. The molecule has 0 atom stereocenters. The van der Waals surface area contributed by atoms with E-state index in [1.165, 1.54) is 24.0 Å². The third kappa shape index (κ3) is 2.99. The number of anilines is 1. The van der Waals surface area contributed by atoms with Gasteiger partial charge >= 0.3 is 0 Å². The van der Waals surface area contributed by atoms with Crippen LogP contribution in [0.25, 0.3) is 0 Å². The lowest BCUT2D eigenvalue weighted by Crippen LogP contribution is -2.13. The van der Waals surface area contributed by atoms with Crippen molar-refractivity contribution in [3.63, 3.8) is 0 Å². The molecule has 1 amide bonds. The number of rotatable bonds is 3. The fourth-order valence-corrected chi connectivity index (χ4v) is 2.76. The third-order valence-electron chi connectivity index (χ3n) is 4.07. The molecular weight excluding hydrogens is 262 g/mol. The van der Waals surface area contributed by atoms with E-state index in [1.54, 1.807) is 0 Å². The fraction of sp³-hybridized carbons (Fsp3) is 0.412. The van der Waals surface area contributed by atoms with Gasteiger partial charge in [0.25, 0.3) is 5.91 Å². The van der Waals surface area contributed by atoms with Gasteiger partial charge in [-0.3, -0.25) is 9.89 Å². The summed E-state index contributed by atoms with van der Waals surface area (Å²) in [4.78, 5) is 12.3. The molecule has 1 aliphatic rings. The Morgan fingerprint density at radius 1 is 1.19 bits per heavy atom. The van der Waals surface area contributed by atoms with Crippen LogP contribution in [0.4, 0.5) is 5.82 Å². The molecule has 0 bridgehead atoms. The number of nitrogens with one attached hydrogen (secondary N) is 2. The van der Waals surface area contributed by atoms with E-state index < -0.39 is 0 Å². The van der Waals surface area contributed by atoms with Crippen molar-refractivity contribution in [1.82, 2.24) is 10.2 Å². The van der Waals surface area contributed by atoms with E-state index in [1.807, 2.05) is 18.2 Å². The van der Waals surface area contributed by atoms with E-state index in [4.69, 9.17) is 0 Å². The lowest BCUT2D eigenvalue weighted by Gasteiger charge is -2.16. The first-order valence-electron chi connectivity index (χ1n) is 7.62. The highest BCUT2D eigenvalue weighted by atomic mass is 16.1. The highest BCUT2D eigenvalue weighted by Gasteiger charge is 2.14. The van der Waals surface area contributed by atoms with Gasteiger partial charge in [0.1, 0.15) is 0 Å². The largest absolute Gasteiger partial charge is 0.305 e. The molecule has 0 radical (unpaired) electrons. The molecule has 1 aromatic carbocycles. The van der Waals surface area contributed by atoms with Crippen molar-refractivity contribution in [2.45, 2.75) is 45.4 Å². The molecule has 1 heterocycles. The molecule has 0 aliphatic heterocycles. The van der Waals surface area contributed by atoms with E-state index in [-0.39, 0.29) is 5.91 Å². The number of aryl methyl sites for hydroxylation is 2. The van der Waals surface area contributed by atoms with Gasteiger partial charge < -0.3 is 5.32 Å². The summed E-state index contributed by atoms with van der Waals surface area (Å²) in [6.45, 7) is 4.17. The first-order chi connectivity index (χ1) is 10.1. The SMILES string of the molecule is CC(C)c1cc(NC(=O)c2ccc3c(c2)CCCC3)n[nH]1. The smallest absolute Gasteiger partial charge is 0.256 e. The Labute approximate surface area is 125 Å². The van der Waals surface area contributed by atoms with Crippen LogP contribution in [-0.2, 0) is 12.8 Å². The summed E-state index contributed by atoms with van der Waals surface area (Å²) in [5.41, 5.74) is 4.44. The first kappa shape index (κ1) is 13.9. The van der Waals surface area contributed by atoms with Gasteiger partial charge in [0.15, 0.2) is 5.82 Å². The number of carbonyl (C=O) groups is 1. The maximum Gasteiger partial charge on any atom is 0.256 e. The Kier molecular flexibility index (Phi) is 3.78. The normalized spacial score (nSPS) is 14.0. The Bertz CT molecular complexity index is 658. The molecule has 0 unspecified atom stereocenters. The number of benzene rings is 1. The Morgan fingerprint density at radius 2 is 1.95 bits per heavy atom. The fourth-order valence-electron chi connectivity index (χ4n) is 2.76. The minimum absolute atomic E-state index is 0.0924. The molecule has 3 rings (SSSR count). The van der Waals surface area contributed by atoms with Gasteiger partial charge in [0.2, 0.25) is 0 Å². The van der Waals surface area contributed by atoms with E-state index in [2.05, 4.69) is 35.4 Å². The monoisotopic (exact) mass is 283 g/mol. The number of H-pyrrole nitrogens is 1. The minimum atomic E-state index is -0.0924. The molecule has 0 spiro atoms. The second-order valence-electron chi connectivity index (χ2n) is 6.01. The van der Waals surface area contributed by atoms with Gasteiger partial charge in [0.05, 0.1) is 0 Å². The molecule has 0 saturated carbocycles. The number of nitrogens with zero attached hydrogens (tertiary/aromatic N) is 1. The molecule has 21 heavy (non-hydrogen) atoms. The van der Waals surface area contributed by atoms with Crippen molar-refractivity contribution in [1.29, 1.82) is 0 Å². The highest BCUT2D eigenvalue weighted by molar-refractivity contribution is 6.03. The van der Waals surface area contributed by atoms with Crippen LogP contribution in [0, 0.1) is 0 Å². The average molecular weight is 283 g/mol. The first-order valence-corrected chi connectivity index (χ1v) is 7.62. The van der Waals surface area contributed by atoms with Crippen molar-refractivity contribution in [3.8, 4) is 0 Å². The van der Waals surface area contributed by atoms with Gasteiger partial charge in [-0.2, -0.15) is 5.10 Å². The molecule has 4 nitrogen and oxygen atoms in total. The van der Waals surface area contributed by atoms with Crippen molar-refractivity contribution in [2.75, 3.05) is 5.32 Å². The van der Waals surface area contributed by atoms with Gasteiger partial charge in [0, 0.05) is 17.3 Å². The van der Waals surface area contributed by atoms with Crippen LogP contribution in [0.1, 0.15) is 59.8 Å². The van der Waals surface area contributed by atoms with Gasteiger partial charge in [-0.25, -0.2) is 0 Å². The Morgan fingerprint density at radius 3 is 2.67 bits per heavy atom. The lowest BCUT2D eigenvalue weighted by molar-refractivity contribution is 0.102. The second-order valence-corrected chi connectivity index (χ2v) is 6.01. The summed E-state index contributed by atoms with van der Waals surface area (Å²) in [5, 5.41) is 9.94. The van der Waals surface area contributed by atoms with Crippen molar-refractivity contribution in [2.24, 2.45) is 0 Å². The maximum atomic E-state index is 12.3. The number of aromatic amines is 1. The molecular formula is C17H21N3O. The summed E-state index contributed by atoms with van der Waals surface area (Å²) in [7, 11) is 0. The molecule has 1 aromatic heterocycles. The topological polar surface area (TPSA) is 57.8 Å². The van der Waals surface area contributed by atoms with Crippen LogP contribution in [0.15, 0.2) is 24.3 Å². The molecule has 0 saturated heterocycles. The number of fused-ring (bicyclic) bond motifs is 1. The Hall–Kier alpha value is -2.10. The van der Waals surface area contributed by atoms with Crippen molar-refractivity contribution < 1.29 is 4.79 Å². The number of hydrogen-bond donors (Lipinski definition) is 2. The quantitative estimate of drug-likeness (QED) is 0.903. The van der Waals surface area contributed by atoms with Gasteiger partial charge in [-0.05, 0) is 54.9 Å². The zero-order valence-electron chi connectivity index (χ0n) is 12.6. The van der Waals surface area contributed by atoms with Crippen molar-refractivity contribution >= 4 is 11.7 Å². The average Bonchev–Trinajstić information content (AvgIpc) is 2.95. The van der Waals surface area contributed by atoms with E-state index in [0.717, 1.165) is 18.5 Å². The summed E-state index contributed by atoms with van der Waals surface area (Å²) in [5.74, 6) is 0.860. The number of amides is 1.